The SMILES string of the molecule is COC1CCN(CC2(C(=O)O)CCCCC2)CC1. The second-order valence-electron chi connectivity index (χ2n) is 5.86. The quantitative estimate of drug-likeness (QED) is 0.836. The van der Waals surface area contributed by atoms with Crippen LogP contribution in [0.15, 0.2) is 0 Å². The summed E-state index contributed by atoms with van der Waals surface area (Å²) < 4.78 is 5.36. The minimum Gasteiger partial charge on any atom is -0.481 e. The van der Waals surface area contributed by atoms with E-state index >= 15 is 0 Å². The Morgan fingerprint density at radius 2 is 1.89 bits per heavy atom. The zero-order chi connectivity index (χ0) is 13.0. The average molecular weight is 255 g/mol. The van der Waals surface area contributed by atoms with Crippen LogP contribution in [0.3, 0.4) is 0 Å². The number of rotatable bonds is 4. The molecular weight excluding hydrogens is 230 g/mol. The van der Waals surface area contributed by atoms with E-state index in [0.29, 0.717) is 6.10 Å². The maximum atomic E-state index is 11.6. The molecule has 4 heteroatoms. The standard InChI is InChI=1S/C14H25NO3/c1-18-12-5-9-15(10-6-12)11-14(13(16)17)7-3-2-4-8-14/h12H,2-11H2,1H3,(H,16,17). The molecule has 0 unspecified atom stereocenters. The van der Waals surface area contributed by atoms with Gasteiger partial charge in [0.05, 0.1) is 11.5 Å². The summed E-state index contributed by atoms with van der Waals surface area (Å²) >= 11 is 0. The zero-order valence-corrected chi connectivity index (χ0v) is 11.4. The smallest absolute Gasteiger partial charge is 0.310 e. The molecule has 2 rings (SSSR count). The van der Waals surface area contributed by atoms with Crippen molar-refractivity contribution in [2.45, 2.75) is 51.0 Å². The van der Waals surface area contributed by atoms with E-state index in [9.17, 15) is 9.90 Å². The fraction of sp³-hybridized carbons (Fsp3) is 0.929. The number of methoxy groups -OCH3 is 1. The number of ether oxygens (including phenoxy) is 1. The predicted molar refractivity (Wildman–Crippen MR) is 69.6 cm³/mol. The molecule has 4 nitrogen and oxygen atoms in total. The van der Waals surface area contributed by atoms with E-state index in [1.807, 2.05) is 0 Å². The highest BCUT2D eigenvalue weighted by atomic mass is 16.5. The van der Waals surface area contributed by atoms with Crippen LogP contribution in [0.25, 0.3) is 0 Å². The van der Waals surface area contributed by atoms with Crippen molar-refractivity contribution in [3.05, 3.63) is 0 Å². The Hall–Kier alpha value is -0.610. The molecule has 0 aromatic rings. The normalized spacial score (nSPS) is 26.1. The molecule has 1 heterocycles. The lowest BCUT2D eigenvalue weighted by atomic mass is 9.73. The predicted octanol–water partition coefficient (Wildman–Crippen LogP) is 2.13. The van der Waals surface area contributed by atoms with E-state index in [4.69, 9.17) is 4.74 Å². The number of carbonyl (C=O) groups is 1. The van der Waals surface area contributed by atoms with Crippen molar-refractivity contribution in [1.82, 2.24) is 4.90 Å². The molecule has 1 aliphatic carbocycles. The van der Waals surface area contributed by atoms with Crippen LogP contribution in [0, 0.1) is 5.41 Å². The van der Waals surface area contributed by atoms with Gasteiger partial charge in [-0.2, -0.15) is 0 Å². The highest BCUT2D eigenvalue weighted by molar-refractivity contribution is 5.75. The van der Waals surface area contributed by atoms with E-state index in [1.54, 1.807) is 7.11 Å². The van der Waals surface area contributed by atoms with Gasteiger partial charge in [-0.05, 0) is 25.7 Å². The van der Waals surface area contributed by atoms with Gasteiger partial charge in [0.15, 0.2) is 0 Å². The molecular formula is C14H25NO3. The third-order valence-corrected chi connectivity index (χ3v) is 4.66. The Morgan fingerprint density at radius 1 is 1.28 bits per heavy atom. The minimum atomic E-state index is -0.587. The van der Waals surface area contributed by atoms with E-state index in [1.165, 1.54) is 6.42 Å². The highest BCUT2D eigenvalue weighted by Gasteiger charge is 2.41. The van der Waals surface area contributed by atoms with Crippen molar-refractivity contribution >= 4 is 5.97 Å². The fourth-order valence-corrected chi connectivity index (χ4v) is 3.40. The summed E-state index contributed by atoms with van der Waals surface area (Å²) in [6.45, 7) is 2.69. The number of carboxylic acids is 1. The first-order chi connectivity index (χ1) is 8.66. The number of hydrogen-bond acceptors (Lipinski definition) is 3. The topological polar surface area (TPSA) is 49.8 Å². The third-order valence-electron chi connectivity index (χ3n) is 4.66. The first-order valence-corrected chi connectivity index (χ1v) is 7.15. The second-order valence-corrected chi connectivity index (χ2v) is 5.86. The monoisotopic (exact) mass is 255 g/mol. The van der Waals surface area contributed by atoms with Crippen LogP contribution >= 0.6 is 0 Å². The molecule has 1 saturated carbocycles. The van der Waals surface area contributed by atoms with Crippen LogP contribution in [-0.4, -0.2) is 48.8 Å². The maximum Gasteiger partial charge on any atom is 0.310 e. The molecule has 0 aromatic carbocycles. The van der Waals surface area contributed by atoms with Gasteiger partial charge in [0.2, 0.25) is 0 Å². The summed E-state index contributed by atoms with van der Waals surface area (Å²) in [5.74, 6) is -0.587. The number of carboxylic acid groups (broad SMARTS) is 1. The summed E-state index contributed by atoms with van der Waals surface area (Å²) in [7, 11) is 1.76. The van der Waals surface area contributed by atoms with Crippen LogP contribution in [0.2, 0.25) is 0 Å². The fourth-order valence-electron chi connectivity index (χ4n) is 3.40. The molecule has 2 fully saturated rings. The molecule has 2 aliphatic rings. The molecule has 104 valence electrons. The summed E-state index contributed by atoms with van der Waals surface area (Å²) in [5.41, 5.74) is -0.474. The largest absolute Gasteiger partial charge is 0.481 e. The van der Waals surface area contributed by atoms with Crippen LogP contribution < -0.4 is 0 Å². The van der Waals surface area contributed by atoms with Crippen LogP contribution in [0.5, 0.6) is 0 Å². The first kappa shape index (κ1) is 13.8. The Balaban J connectivity index is 1.91. The lowest BCUT2D eigenvalue weighted by Gasteiger charge is -2.40. The number of hydrogen-bond donors (Lipinski definition) is 1. The van der Waals surface area contributed by atoms with E-state index in [-0.39, 0.29) is 0 Å². The van der Waals surface area contributed by atoms with Gasteiger partial charge in [-0.1, -0.05) is 19.3 Å². The Kier molecular flexibility index (Phi) is 4.62. The Morgan fingerprint density at radius 3 is 2.39 bits per heavy atom. The number of aliphatic carboxylic acids is 1. The van der Waals surface area contributed by atoms with Crippen molar-refractivity contribution in [3.63, 3.8) is 0 Å². The molecule has 0 spiro atoms. The van der Waals surface area contributed by atoms with Crippen molar-refractivity contribution in [2.24, 2.45) is 5.41 Å². The van der Waals surface area contributed by atoms with Crippen LogP contribution in [-0.2, 0) is 9.53 Å². The van der Waals surface area contributed by atoms with Crippen LogP contribution in [0.1, 0.15) is 44.9 Å². The van der Waals surface area contributed by atoms with Gasteiger partial charge in [0, 0.05) is 26.7 Å². The highest BCUT2D eigenvalue weighted by Crippen LogP contribution is 2.37. The van der Waals surface area contributed by atoms with Gasteiger partial charge in [0.25, 0.3) is 0 Å². The van der Waals surface area contributed by atoms with Gasteiger partial charge >= 0.3 is 5.97 Å². The second kappa shape index (κ2) is 6.02. The molecule has 0 amide bonds. The van der Waals surface area contributed by atoms with Crippen LogP contribution in [0.4, 0.5) is 0 Å². The van der Waals surface area contributed by atoms with Gasteiger partial charge in [-0.25, -0.2) is 0 Å². The summed E-state index contributed by atoms with van der Waals surface area (Å²) in [5, 5.41) is 9.57. The Labute approximate surface area is 109 Å². The first-order valence-electron chi connectivity index (χ1n) is 7.15. The molecule has 0 atom stereocenters. The van der Waals surface area contributed by atoms with Gasteiger partial charge in [-0.15, -0.1) is 0 Å². The van der Waals surface area contributed by atoms with Gasteiger partial charge < -0.3 is 14.7 Å². The van der Waals surface area contributed by atoms with Crippen molar-refractivity contribution in [1.29, 1.82) is 0 Å². The van der Waals surface area contributed by atoms with E-state index in [0.717, 1.165) is 58.2 Å². The summed E-state index contributed by atoms with van der Waals surface area (Å²) in [6, 6.07) is 0. The molecule has 1 aliphatic heterocycles. The molecule has 0 bridgehead atoms. The Bertz CT molecular complexity index is 279. The molecule has 1 saturated heterocycles. The van der Waals surface area contributed by atoms with Crippen molar-refractivity contribution in [2.75, 3.05) is 26.7 Å². The maximum absolute atomic E-state index is 11.6. The zero-order valence-electron chi connectivity index (χ0n) is 11.4. The number of likely N-dealkylation sites (tertiary alicyclic amines) is 1. The van der Waals surface area contributed by atoms with Crippen molar-refractivity contribution < 1.29 is 14.6 Å². The van der Waals surface area contributed by atoms with Gasteiger partial charge in [0.1, 0.15) is 0 Å². The van der Waals surface area contributed by atoms with E-state index in [2.05, 4.69) is 4.90 Å². The lowest BCUT2D eigenvalue weighted by Crippen LogP contribution is -2.47. The molecule has 0 aromatic heterocycles. The number of piperidine rings is 1. The summed E-state index contributed by atoms with van der Waals surface area (Å²) in [6.07, 6.45) is 7.48. The third kappa shape index (κ3) is 3.04. The average Bonchev–Trinajstić information content (AvgIpc) is 2.40. The molecule has 18 heavy (non-hydrogen) atoms. The summed E-state index contributed by atoms with van der Waals surface area (Å²) in [4.78, 5) is 13.9. The lowest BCUT2D eigenvalue weighted by molar-refractivity contribution is -0.153. The molecule has 1 N–H and O–H groups in total. The minimum absolute atomic E-state index is 0.369. The van der Waals surface area contributed by atoms with Crippen molar-refractivity contribution in [3.8, 4) is 0 Å². The van der Waals surface area contributed by atoms with E-state index < -0.39 is 11.4 Å². The molecule has 0 radical (unpaired) electrons. The number of nitrogens with zero attached hydrogens (tertiary/aromatic N) is 1. The van der Waals surface area contributed by atoms with Gasteiger partial charge in [-0.3, -0.25) is 4.79 Å².